The van der Waals surface area contributed by atoms with Crippen molar-refractivity contribution in [3.05, 3.63) is 35.1 Å². The molecule has 0 aromatic heterocycles. The summed E-state index contributed by atoms with van der Waals surface area (Å²) in [7, 11) is 0. The minimum Gasteiger partial charge on any atom is -0.293 e. The topological polar surface area (TPSA) is 40.9 Å². The predicted molar refractivity (Wildman–Crippen MR) is 59.5 cm³/mol. The van der Waals surface area contributed by atoms with Crippen molar-refractivity contribution in [3.63, 3.8) is 0 Å². The van der Waals surface area contributed by atoms with E-state index in [0.717, 1.165) is 6.42 Å². The molecule has 0 aliphatic heterocycles. The first-order valence-electron chi connectivity index (χ1n) is 5.30. The third kappa shape index (κ3) is 2.66. The Bertz CT molecular complexity index is 434. The van der Waals surface area contributed by atoms with Gasteiger partial charge in [-0.15, -0.1) is 0 Å². The van der Waals surface area contributed by atoms with Gasteiger partial charge >= 0.3 is 0 Å². The number of hydrogen-bond donors (Lipinski definition) is 0. The van der Waals surface area contributed by atoms with Gasteiger partial charge in [-0.3, -0.25) is 4.79 Å². The molecule has 0 aliphatic rings. The normalized spacial score (nSPS) is 11.9. The van der Waals surface area contributed by atoms with Crippen molar-refractivity contribution in [2.75, 3.05) is 0 Å². The molecule has 0 fully saturated rings. The van der Waals surface area contributed by atoms with E-state index in [1.165, 1.54) is 18.2 Å². The molecule has 1 aromatic rings. The van der Waals surface area contributed by atoms with E-state index in [1.807, 2.05) is 13.0 Å². The van der Waals surface area contributed by atoms with Crippen LogP contribution in [0.5, 0.6) is 0 Å². The highest BCUT2D eigenvalue weighted by Gasteiger charge is 2.19. The molecular formula is C13H14FNO. The van der Waals surface area contributed by atoms with E-state index in [9.17, 15) is 9.18 Å². The average molecular weight is 219 g/mol. The van der Waals surface area contributed by atoms with Crippen molar-refractivity contribution < 1.29 is 9.18 Å². The summed E-state index contributed by atoms with van der Waals surface area (Å²) >= 11 is 0. The Hall–Kier alpha value is -1.69. The van der Waals surface area contributed by atoms with E-state index in [4.69, 9.17) is 5.26 Å². The van der Waals surface area contributed by atoms with E-state index >= 15 is 0 Å². The number of carbonyl (C=O) groups is 1. The van der Waals surface area contributed by atoms with Crippen LogP contribution in [0, 0.1) is 30.0 Å². The minimum absolute atomic E-state index is 0.215. The molecule has 2 nitrogen and oxygen atoms in total. The number of rotatable bonds is 4. The van der Waals surface area contributed by atoms with Crippen LogP contribution in [-0.2, 0) is 0 Å². The lowest BCUT2D eigenvalue weighted by molar-refractivity contribution is 0.0943. The van der Waals surface area contributed by atoms with Gasteiger partial charge in [0.05, 0.1) is 6.07 Å². The van der Waals surface area contributed by atoms with Gasteiger partial charge in [0.15, 0.2) is 5.78 Å². The number of Topliss-reactive ketones (excluding diaryl/α,β-unsaturated/α-hetero) is 1. The number of aryl methyl sites for hydroxylation is 1. The summed E-state index contributed by atoms with van der Waals surface area (Å²) in [5.41, 5.74) is 0.845. The van der Waals surface area contributed by atoms with Crippen molar-refractivity contribution in [1.82, 2.24) is 0 Å². The van der Waals surface area contributed by atoms with Crippen LogP contribution in [0.3, 0.4) is 0 Å². The highest BCUT2D eigenvalue weighted by Crippen LogP contribution is 2.16. The summed E-state index contributed by atoms with van der Waals surface area (Å²) in [6, 6.07) is 6.19. The Labute approximate surface area is 94.7 Å². The fourth-order valence-corrected chi connectivity index (χ4v) is 1.54. The summed E-state index contributed by atoms with van der Waals surface area (Å²) in [4.78, 5) is 11.9. The highest BCUT2D eigenvalue weighted by molar-refractivity contribution is 5.99. The fraction of sp³-hybridized carbons (Fsp3) is 0.385. The van der Waals surface area contributed by atoms with E-state index in [1.54, 1.807) is 6.92 Å². The maximum Gasteiger partial charge on any atom is 0.179 e. The lowest BCUT2D eigenvalue weighted by Crippen LogP contribution is -2.13. The number of halogens is 1. The minimum atomic E-state index is -0.616. The van der Waals surface area contributed by atoms with E-state index in [2.05, 4.69) is 0 Å². The van der Waals surface area contributed by atoms with E-state index in [0.29, 0.717) is 17.5 Å². The second-order valence-electron chi connectivity index (χ2n) is 3.80. The first-order chi connectivity index (χ1) is 7.60. The molecule has 3 heteroatoms. The van der Waals surface area contributed by atoms with Crippen molar-refractivity contribution >= 4 is 5.78 Å². The van der Waals surface area contributed by atoms with Crippen LogP contribution in [0.1, 0.15) is 35.7 Å². The molecule has 0 heterocycles. The molecule has 0 saturated carbocycles. The summed E-state index contributed by atoms with van der Waals surface area (Å²) in [5.74, 6) is -1.16. The van der Waals surface area contributed by atoms with Gasteiger partial charge in [0, 0.05) is 5.56 Å². The number of ketones is 1. The van der Waals surface area contributed by atoms with Gasteiger partial charge in [0.2, 0.25) is 0 Å². The molecule has 0 amide bonds. The Morgan fingerprint density at radius 2 is 2.25 bits per heavy atom. The summed E-state index contributed by atoms with van der Waals surface area (Å²) in [6.45, 7) is 3.53. The zero-order valence-corrected chi connectivity index (χ0v) is 9.46. The number of hydrogen-bond acceptors (Lipinski definition) is 2. The standard InChI is InChI=1S/C13H14FNO/c1-3-4-11(8-15)13(16)10-5-6-12(14)9(2)7-10/h5-7,11H,3-4H2,1-2H3. The average Bonchev–Trinajstić information content (AvgIpc) is 2.28. The largest absolute Gasteiger partial charge is 0.293 e. The molecule has 0 saturated heterocycles. The van der Waals surface area contributed by atoms with Crippen LogP contribution < -0.4 is 0 Å². The predicted octanol–water partition coefficient (Wildman–Crippen LogP) is 3.26. The summed E-state index contributed by atoms with van der Waals surface area (Å²) in [5, 5.41) is 8.87. The summed E-state index contributed by atoms with van der Waals surface area (Å²) in [6.07, 6.45) is 1.33. The SMILES string of the molecule is CCCC(C#N)C(=O)c1ccc(F)c(C)c1. The van der Waals surface area contributed by atoms with Crippen LogP contribution >= 0.6 is 0 Å². The van der Waals surface area contributed by atoms with Gasteiger partial charge in [0.1, 0.15) is 11.7 Å². The lowest BCUT2D eigenvalue weighted by atomic mass is 9.94. The van der Waals surface area contributed by atoms with Gasteiger partial charge in [-0.1, -0.05) is 13.3 Å². The third-order valence-corrected chi connectivity index (χ3v) is 2.49. The van der Waals surface area contributed by atoms with Crippen molar-refractivity contribution in [2.24, 2.45) is 5.92 Å². The lowest BCUT2D eigenvalue weighted by Gasteiger charge is -2.07. The molecular weight excluding hydrogens is 205 g/mol. The number of nitrogens with zero attached hydrogens (tertiary/aromatic N) is 1. The monoisotopic (exact) mass is 219 g/mol. The Balaban J connectivity index is 2.96. The van der Waals surface area contributed by atoms with Crippen LogP contribution in [-0.4, -0.2) is 5.78 Å². The Morgan fingerprint density at radius 3 is 2.75 bits per heavy atom. The van der Waals surface area contributed by atoms with Gasteiger partial charge in [-0.05, 0) is 37.1 Å². The van der Waals surface area contributed by atoms with Crippen molar-refractivity contribution in [1.29, 1.82) is 5.26 Å². The van der Waals surface area contributed by atoms with E-state index < -0.39 is 5.92 Å². The smallest absolute Gasteiger partial charge is 0.179 e. The third-order valence-electron chi connectivity index (χ3n) is 2.49. The number of benzene rings is 1. The summed E-state index contributed by atoms with van der Waals surface area (Å²) < 4.78 is 13.0. The van der Waals surface area contributed by atoms with Gasteiger partial charge in [0.25, 0.3) is 0 Å². The zero-order valence-electron chi connectivity index (χ0n) is 9.46. The maximum atomic E-state index is 13.0. The Kier molecular flexibility index (Phi) is 4.19. The van der Waals surface area contributed by atoms with Crippen LogP contribution in [0.15, 0.2) is 18.2 Å². The molecule has 1 rings (SSSR count). The first-order valence-corrected chi connectivity index (χ1v) is 5.30. The zero-order chi connectivity index (χ0) is 12.1. The van der Waals surface area contributed by atoms with Crippen LogP contribution in [0.25, 0.3) is 0 Å². The molecule has 1 atom stereocenters. The molecule has 0 aliphatic carbocycles. The number of nitriles is 1. The highest BCUT2D eigenvalue weighted by atomic mass is 19.1. The number of carbonyl (C=O) groups excluding carboxylic acids is 1. The molecule has 1 unspecified atom stereocenters. The Morgan fingerprint density at radius 1 is 1.56 bits per heavy atom. The molecule has 1 aromatic carbocycles. The first kappa shape index (κ1) is 12.4. The van der Waals surface area contributed by atoms with Crippen molar-refractivity contribution in [2.45, 2.75) is 26.7 Å². The fourth-order valence-electron chi connectivity index (χ4n) is 1.54. The second kappa shape index (κ2) is 5.41. The van der Waals surface area contributed by atoms with Crippen molar-refractivity contribution in [3.8, 4) is 6.07 Å². The van der Waals surface area contributed by atoms with Crippen LogP contribution in [0.4, 0.5) is 4.39 Å². The molecule has 0 radical (unpaired) electrons. The quantitative estimate of drug-likeness (QED) is 0.729. The molecule has 0 bridgehead atoms. The molecule has 0 N–H and O–H groups in total. The van der Waals surface area contributed by atoms with Gasteiger partial charge in [-0.25, -0.2) is 4.39 Å². The molecule has 84 valence electrons. The van der Waals surface area contributed by atoms with E-state index in [-0.39, 0.29) is 11.6 Å². The van der Waals surface area contributed by atoms with Crippen LogP contribution in [0.2, 0.25) is 0 Å². The molecule has 0 spiro atoms. The van der Waals surface area contributed by atoms with Gasteiger partial charge < -0.3 is 0 Å². The van der Waals surface area contributed by atoms with Gasteiger partial charge in [-0.2, -0.15) is 5.26 Å². The molecule has 16 heavy (non-hydrogen) atoms. The maximum absolute atomic E-state index is 13.0. The second-order valence-corrected chi connectivity index (χ2v) is 3.80.